The minimum absolute atomic E-state index is 0.478. The van der Waals surface area contributed by atoms with Crippen molar-refractivity contribution in [2.45, 2.75) is 32.3 Å². The van der Waals surface area contributed by atoms with E-state index in [9.17, 15) is 5.11 Å². The lowest BCUT2D eigenvalue weighted by molar-refractivity contribution is 0.0110. The van der Waals surface area contributed by atoms with Crippen LogP contribution in [0.4, 0.5) is 0 Å². The van der Waals surface area contributed by atoms with Crippen LogP contribution in [0.2, 0.25) is 0 Å². The number of nitrogens with one attached hydrogen (secondary N) is 2. The molecule has 4 nitrogen and oxygen atoms in total. The van der Waals surface area contributed by atoms with Crippen molar-refractivity contribution >= 4 is 0 Å². The maximum absolute atomic E-state index is 10.2. The number of rotatable bonds is 7. The molecule has 1 aliphatic rings. The Labute approximate surface area is 99.4 Å². The summed E-state index contributed by atoms with van der Waals surface area (Å²) in [4.78, 5) is 2.39. The van der Waals surface area contributed by atoms with Gasteiger partial charge in [-0.05, 0) is 39.0 Å². The van der Waals surface area contributed by atoms with Crippen molar-refractivity contribution in [3.05, 3.63) is 0 Å². The van der Waals surface area contributed by atoms with Gasteiger partial charge in [0.05, 0.1) is 5.60 Å². The van der Waals surface area contributed by atoms with Crippen molar-refractivity contribution in [1.82, 2.24) is 15.5 Å². The number of piperidine rings is 1. The van der Waals surface area contributed by atoms with Gasteiger partial charge >= 0.3 is 0 Å². The molecular weight excluding hydrogens is 202 g/mol. The average Bonchev–Trinajstić information content (AvgIpc) is 2.30. The highest BCUT2D eigenvalue weighted by Gasteiger charge is 2.28. The summed E-state index contributed by atoms with van der Waals surface area (Å²) in [7, 11) is 0. The maximum atomic E-state index is 10.2. The van der Waals surface area contributed by atoms with E-state index in [2.05, 4.69) is 29.4 Å². The van der Waals surface area contributed by atoms with E-state index in [1.54, 1.807) is 0 Å². The third-order valence-electron chi connectivity index (χ3n) is 3.49. The van der Waals surface area contributed by atoms with Gasteiger partial charge in [0.25, 0.3) is 0 Å². The largest absolute Gasteiger partial charge is 0.388 e. The third-order valence-corrected chi connectivity index (χ3v) is 3.49. The molecule has 0 radical (unpaired) electrons. The normalized spacial score (nSPS) is 20.2. The van der Waals surface area contributed by atoms with Gasteiger partial charge in [0.1, 0.15) is 0 Å². The van der Waals surface area contributed by atoms with E-state index < -0.39 is 5.60 Å². The van der Waals surface area contributed by atoms with Crippen molar-refractivity contribution < 1.29 is 5.11 Å². The first-order valence-electron chi connectivity index (χ1n) is 6.56. The quantitative estimate of drug-likeness (QED) is 0.539. The van der Waals surface area contributed by atoms with Gasteiger partial charge in [-0.15, -0.1) is 0 Å². The lowest BCUT2D eigenvalue weighted by Crippen LogP contribution is -2.49. The molecule has 0 aliphatic carbocycles. The van der Waals surface area contributed by atoms with Gasteiger partial charge < -0.3 is 20.6 Å². The maximum Gasteiger partial charge on any atom is 0.0795 e. The highest BCUT2D eigenvalue weighted by atomic mass is 16.3. The van der Waals surface area contributed by atoms with Gasteiger partial charge in [0, 0.05) is 19.6 Å². The Kier molecular flexibility index (Phi) is 6.28. The molecule has 0 unspecified atom stereocenters. The molecule has 1 saturated heterocycles. The Balaban J connectivity index is 2.09. The number of likely N-dealkylation sites (N-methyl/N-ethyl adjacent to an activating group) is 1. The van der Waals surface area contributed by atoms with Crippen LogP contribution in [-0.2, 0) is 0 Å². The van der Waals surface area contributed by atoms with Crippen molar-refractivity contribution in [2.75, 3.05) is 45.8 Å². The fraction of sp³-hybridized carbons (Fsp3) is 1.00. The number of hydrogen-bond donors (Lipinski definition) is 3. The van der Waals surface area contributed by atoms with E-state index in [1.165, 1.54) is 0 Å². The van der Waals surface area contributed by atoms with Gasteiger partial charge in [0.15, 0.2) is 0 Å². The Morgan fingerprint density at radius 2 is 1.88 bits per heavy atom. The summed E-state index contributed by atoms with van der Waals surface area (Å²) in [5.41, 5.74) is -0.478. The van der Waals surface area contributed by atoms with Crippen molar-refractivity contribution in [1.29, 1.82) is 0 Å². The zero-order valence-corrected chi connectivity index (χ0v) is 10.8. The number of nitrogens with zero attached hydrogens (tertiary/aromatic N) is 1. The molecule has 0 saturated carbocycles. The molecule has 16 heavy (non-hydrogen) atoms. The molecule has 0 atom stereocenters. The number of hydrogen-bond acceptors (Lipinski definition) is 4. The van der Waals surface area contributed by atoms with E-state index in [-0.39, 0.29) is 0 Å². The summed E-state index contributed by atoms with van der Waals surface area (Å²) < 4.78 is 0. The molecular formula is C12H27N3O. The van der Waals surface area contributed by atoms with Gasteiger partial charge in [-0.3, -0.25) is 0 Å². The highest BCUT2D eigenvalue weighted by Crippen LogP contribution is 2.16. The number of aliphatic hydroxyl groups is 1. The minimum atomic E-state index is -0.478. The lowest BCUT2D eigenvalue weighted by Gasteiger charge is -2.33. The van der Waals surface area contributed by atoms with E-state index in [0.717, 1.165) is 58.7 Å². The molecule has 4 heteroatoms. The molecule has 0 aromatic rings. The van der Waals surface area contributed by atoms with E-state index in [1.807, 2.05) is 0 Å². The van der Waals surface area contributed by atoms with E-state index >= 15 is 0 Å². The summed E-state index contributed by atoms with van der Waals surface area (Å²) in [6.45, 7) is 11.2. The van der Waals surface area contributed by atoms with Crippen LogP contribution in [0, 0.1) is 0 Å². The first-order valence-corrected chi connectivity index (χ1v) is 6.56. The molecule has 3 N–H and O–H groups in total. The predicted molar refractivity (Wildman–Crippen MR) is 67.7 cm³/mol. The summed E-state index contributed by atoms with van der Waals surface area (Å²) >= 11 is 0. The third kappa shape index (κ3) is 4.78. The molecule has 1 rings (SSSR count). The van der Waals surface area contributed by atoms with Gasteiger partial charge in [-0.1, -0.05) is 13.8 Å². The van der Waals surface area contributed by atoms with E-state index in [4.69, 9.17) is 0 Å². The fourth-order valence-electron chi connectivity index (χ4n) is 2.17. The first-order chi connectivity index (χ1) is 7.70. The lowest BCUT2D eigenvalue weighted by atomic mass is 9.92. The van der Waals surface area contributed by atoms with Crippen molar-refractivity contribution in [3.8, 4) is 0 Å². The fourth-order valence-corrected chi connectivity index (χ4v) is 2.17. The van der Waals surface area contributed by atoms with Crippen molar-refractivity contribution in [3.63, 3.8) is 0 Å². The molecule has 96 valence electrons. The molecule has 0 amide bonds. The van der Waals surface area contributed by atoms with Crippen LogP contribution in [0.3, 0.4) is 0 Å². The van der Waals surface area contributed by atoms with Crippen LogP contribution >= 0.6 is 0 Å². The standard InChI is InChI=1S/C12H27N3O/c1-3-15(4-2)10-9-14-11-12(16)5-7-13-8-6-12/h13-14,16H,3-11H2,1-2H3. The Morgan fingerprint density at radius 1 is 1.25 bits per heavy atom. The van der Waals surface area contributed by atoms with Crippen LogP contribution in [0.5, 0.6) is 0 Å². The summed E-state index contributed by atoms with van der Waals surface area (Å²) in [5, 5.41) is 16.9. The molecule has 1 heterocycles. The second-order valence-corrected chi connectivity index (χ2v) is 4.68. The summed E-state index contributed by atoms with van der Waals surface area (Å²) in [5.74, 6) is 0. The topological polar surface area (TPSA) is 47.5 Å². The van der Waals surface area contributed by atoms with Crippen LogP contribution in [0.25, 0.3) is 0 Å². The van der Waals surface area contributed by atoms with Gasteiger partial charge in [-0.25, -0.2) is 0 Å². The average molecular weight is 229 g/mol. The highest BCUT2D eigenvalue weighted by molar-refractivity contribution is 4.86. The molecule has 1 aliphatic heterocycles. The van der Waals surface area contributed by atoms with Crippen LogP contribution < -0.4 is 10.6 Å². The van der Waals surface area contributed by atoms with Crippen LogP contribution in [0.1, 0.15) is 26.7 Å². The molecule has 0 bridgehead atoms. The smallest absolute Gasteiger partial charge is 0.0795 e. The van der Waals surface area contributed by atoms with Gasteiger partial charge in [-0.2, -0.15) is 0 Å². The second kappa shape index (κ2) is 7.22. The van der Waals surface area contributed by atoms with Crippen LogP contribution in [0.15, 0.2) is 0 Å². The summed E-state index contributed by atoms with van der Waals surface area (Å²) in [6.07, 6.45) is 1.73. The molecule has 0 spiro atoms. The van der Waals surface area contributed by atoms with Crippen LogP contribution in [-0.4, -0.2) is 61.4 Å². The zero-order chi connectivity index (χ0) is 11.9. The SMILES string of the molecule is CCN(CC)CCNCC1(O)CCNCC1. The predicted octanol–water partition coefficient (Wildman–Crippen LogP) is 0.0323. The monoisotopic (exact) mass is 229 g/mol. The molecule has 1 fully saturated rings. The molecule has 0 aromatic carbocycles. The minimum Gasteiger partial charge on any atom is -0.388 e. The Hall–Kier alpha value is -0.160. The molecule has 0 aromatic heterocycles. The first kappa shape index (κ1) is 13.9. The Bertz CT molecular complexity index is 177. The van der Waals surface area contributed by atoms with Crippen molar-refractivity contribution in [2.24, 2.45) is 0 Å². The zero-order valence-electron chi connectivity index (χ0n) is 10.8. The summed E-state index contributed by atoms with van der Waals surface area (Å²) in [6, 6.07) is 0. The Morgan fingerprint density at radius 3 is 2.44 bits per heavy atom. The van der Waals surface area contributed by atoms with E-state index in [0.29, 0.717) is 0 Å². The second-order valence-electron chi connectivity index (χ2n) is 4.68. The van der Waals surface area contributed by atoms with Gasteiger partial charge in [0.2, 0.25) is 0 Å².